The molecule has 1 heteroatoms. The Morgan fingerprint density at radius 2 is 1.64 bits per heavy atom. The van der Waals surface area contributed by atoms with Crippen molar-refractivity contribution in [1.82, 2.24) is 0 Å². The minimum Gasteiger partial charge on any atom is -0.378 e. The van der Waals surface area contributed by atoms with Gasteiger partial charge in [-0.1, -0.05) is 56.9 Å². The first-order valence-corrected chi connectivity index (χ1v) is 9.41. The Hall–Kier alpha value is -0.820. The van der Waals surface area contributed by atoms with E-state index in [4.69, 9.17) is 4.74 Å². The zero-order valence-electron chi connectivity index (χ0n) is 14.4. The summed E-state index contributed by atoms with van der Waals surface area (Å²) in [5.41, 5.74) is 3.00. The molecule has 2 aliphatic rings. The second-order valence-corrected chi connectivity index (χ2v) is 7.82. The lowest BCUT2D eigenvalue weighted by molar-refractivity contribution is 0.0155. The topological polar surface area (TPSA) is 9.23 Å². The van der Waals surface area contributed by atoms with E-state index in [0.29, 0.717) is 12.0 Å². The molecule has 0 bridgehead atoms. The summed E-state index contributed by atoms with van der Waals surface area (Å²) in [6.45, 7) is 5.50. The molecule has 2 atom stereocenters. The molecule has 1 nitrogen and oxygen atoms in total. The van der Waals surface area contributed by atoms with Crippen LogP contribution in [0.15, 0.2) is 24.3 Å². The summed E-state index contributed by atoms with van der Waals surface area (Å²) in [5, 5.41) is 0. The summed E-state index contributed by atoms with van der Waals surface area (Å²) < 4.78 is 5.81. The fourth-order valence-electron chi connectivity index (χ4n) is 4.09. The molecule has 1 aliphatic heterocycles. The summed E-state index contributed by atoms with van der Waals surface area (Å²) in [4.78, 5) is 0. The molecule has 1 heterocycles. The highest BCUT2D eigenvalue weighted by Gasteiger charge is 2.20. The molecule has 1 saturated carbocycles. The molecule has 0 N–H and O–H groups in total. The first kappa shape index (κ1) is 16.1. The molecule has 3 rings (SSSR count). The van der Waals surface area contributed by atoms with Gasteiger partial charge in [-0.25, -0.2) is 0 Å². The maximum atomic E-state index is 5.81. The molecular weight excluding hydrogens is 268 g/mol. The van der Waals surface area contributed by atoms with Crippen molar-refractivity contribution in [3.8, 4) is 0 Å². The predicted molar refractivity (Wildman–Crippen MR) is 93.3 cm³/mol. The van der Waals surface area contributed by atoms with E-state index >= 15 is 0 Å². The van der Waals surface area contributed by atoms with Gasteiger partial charge in [0.15, 0.2) is 0 Å². The first-order chi connectivity index (χ1) is 10.7. The summed E-state index contributed by atoms with van der Waals surface area (Å²) in [7, 11) is 0. The Morgan fingerprint density at radius 3 is 2.27 bits per heavy atom. The van der Waals surface area contributed by atoms with Crippen LogP contribution in [0.25, 0.3) is 0 Å². The molecule has 0 radical (unpaired) electrons. The van der Waals surface area contributed by atoms with Gasteiger partial charge >= 0.3 is 0 Å². The minimum absolute atomic E-state index is 0.453. The molecule has 0 spiro atoms. The average Bonchev–Trinajstić information content (AvgIpc) is 2.56. The van der Waals surface area contributed by atoms with E-state index in [1.165, 1.54) is 62.5 Å². The van der Waals surface area contributed by atoms with Gasteiger partial charge in [0.1, 0.15) is 0 Å². The van der Waals surface area contributed by atoms with Gasteiger partial charge in [-0.3, -0.25) is 0 Å². The molecule has 1 aliphatic carbocycles. The fourth-order valence-corrected chi connectivity index (χ4v) is 4.09. The maximum absolute atomic E-state index is 5.81. The van der Waals surface area contributed by atoms with Crippen LogP contribution in [-0.4, -0.2) is 12.7 Å². The third-order valence-corrected chi connectivity index (χ3v) is 5.93. The van der Waals surface area contributed by atoms with Crippen LogP contribution in [0.2, 0.25) is 0 Å². The Bertz CT molecular complexity index is 433. The van der Waals surface area contributed by atoms with Crippen LogP contribution < -0.4 is 0 Å². The number of benzene rings is 1. The predicted octanol–water partition coefficient (Wildman–Crippen LogP) is 5.73. The van der Waals surface area contributed by atoms with E-state index in [1.807, 2.05) is 0 Å². The molecule has 1 aromatic carbocycles. The molecule has 0 aromatic heterocycles. The highest BCUT2D eigenvalue weighted by Crippen LogP contribution is 2.32. The van der Waals surface area contributed by atoms with Gasteiger partial charge in [-0.15, -0.1) is 0 Å². The quantitative estimate of drug-likeness (QED) is 0.690. The Morgan fingerprint density at radius 1 is 0.909 bits per heavy atom. The zero-order valence-corrected chi connectivity index (χ0v) is 14.4. The van der Waals surface area contributed by atoms with E-state index in [1.54, 1.807) is 0 Å². The van der Waals surface area contributed by atoms with Gasteiger partial charge in [-0.05, 0) is 55.6 Å². The van der Waals surface area contributed by atoms with Crippen molar-refractivity contribution >= 4 is 0 Å². The van der Waals surface area contributed by atoms with Gasteiger partial charge in [-0.2, -0.15) is 0 Å². The standard InChI is InChI=1S/C21H32O/c1-16-3-6-18(7-4-16)8-9-19-10-13-20(14-11-19)21-12-5-17(2)22-15-21/h10-11,13-14,16-18,21H,3-9,12,15H2,1-2H3. The third-order valence-electron chi connectivity index (χ3n) is 5.93. The Balaban J connectivity index is 1.47. The molecule has 0 amide bonds. The van der Waals surface area contributed by atoms with Gasteiger partial charge in [0, 0.05) is 5.92 Å². The van der Waals surface area contributed by atoms with Gasteiger partial charge in [0.25, 0.3) is 0 Å². The van der Waals surface area contributed by atoms with Crippen LogP contribution in [0.4, 0.5) is 0 Å². The van der Waals surface area contributed by atoms with Gasteiger partial charge < -0.3 is 4.74 Å². The van der Waals surface area contributed by atoms with Crippen molar-refractivity contribution in [2.24, 2.45) is 11.8 Å². The zero-order chi connectivity index (χ0) is 15.4. The number of rotatable bonds is 4. The van der Waals surface area contributed by atoms with Gasteiger partial charge in [0.2, 0.25) is 0 Å². The summed E-state index contributed by atoms with van der Waals surface area (Å²) in [6.07, 6.45) is 11.4. The number of hydrogen-bond donors (Lipinski definition) is 0. The van der Waals surface area contributed by atoms with Crippen molar-refractivity contribution in [3.63, 3.8) is 0 Å². The molecule has 1 aromatic rings. The van der Waals surface area contributed by atoms with Crippen LogP contribution in [0, 0.1) is 11.8 Å². The molecule has 1 saturated heterocycles. The Labute approximate surface area is 136 Å². The van der Waals surface area contributed by atoms with E-state index in [0.717, 1.165) is 18.4 Å². The van der Waals surface area contributed by atoms with E-state index in [9.17, 15) is 0 Å². The smallest absolute Gasteiger partial charge is 0.0547 e. The second kappa shape index (κ2) is 7.64. The molecule has 22 heavy (non-hydrogen) atoms. The summed E-state index contributed by atoms with van der Waals surface area (Å²) >= 11 is 0. The van der Waals surface area contributed by atoms with Crippen molar-refractivity contribution in [2.75, 3.05) is 6.61 Å². The second-order valence-electron chi connectivity index (χ2n) is 7.82. The van der Waals surface area contributed by atoms with Gasteiger partial charge in [0.05, 0.1) is 12.7 Å². The van der Waals surface area contributed by atoms with Crippen LogP contribution in [0.5, 0.6) is 0 Å². The van der Waals surface area contributed by atoms with Crippen LogP contribution in [0.1, 0.15) is 75.8 Å². The normalized spacial score (nSPS) is 32.8. The van der Waals surface area contributed by atoms with Crippen molar-refractivity contribution in [3.05, 3.63) is 35.4 Å². The minimum atomic E-state index is 0.453. The lowest BCUT2D eigenvalue weighted by Crippen LogP contribution is -2.22. The van der Waals surface area contributed by atoms with Crippen LogP contribution in [-0.2, 0) is 11.2 Å². The summed E-state index contributed by atoms with van der Waals surface area (Å²) in [5.74, 6) is 2.56. The lowest BCUT2D eigenvalue weighted by Gasteiger charge is -2.27. The summed E-state index contributed by atoms with van der Waals surface area (Å²) in [6, 6.07) is 9.42. The lowest BCUT2D eigenvalue weighted by atomic mass is 9.80. The molecular formula is C21H32O. The van der Waals surface area contributed by atoms with E-state index in [2.05, 4.69) is 38.1 Å². The molecule has 2 fully saturated rings. The Kier molecular flexibility index (Phi) is 5.57. The van der Waals surface area contributed by atoms with Crippen molar-refractivity contribution in [1.29, 1.82) is 0 Å². The average molecular weight is 300 g/mol. The third kappa shape index (κ3) is 4.35. The maximum Gasteiger partial charge on any atom is 0.0547 e. The first-order valence-electron chi connectivity index (χ1n) is 9.41. The molecule has 122 valence electrons. The highest BCUT2D eigenvalue weighted by atomic mass is 16.5. The largest absolute Gasteiger partial charge is 0.378 e. The van der Waals surface area contributed by atoms with E-state index < -0.39 is 0 Å². The van der Waals surface area contributed by atoms with Crippen molar-refractivity contribution in [2.45, 2.75) is 77.2 Å². The van der Waals surface area contributed by atoms with E-state index in [-0.39, 0.29) is 0 Å². The monoisotopic (exact) mass is 300 g/mol. The van der Waals surface area contributed by atoms with Crippen molar-refractivity contribution < 1.29 is 4.74 Å². The highest BCUT2D eigenvalue weighted by molar-refractivity contribution is 5.26. The number of hydrogen-bond acceptors (Lipinski definition) is 1. The van der Waals surface area contributed by atoms with Crippen LogP contribution in [0.3, 0.4) is 0 Å². The number of aryl methyl sites for hydroxylation is 1. The van der Waals surface area contributed by atoms with Crippen LogP contribution >= 0.6 is 0 Å². The number of ether oxygens (including phenoxy) is 1. The SMILES string of the molecule is CC1CCC(CCc2ccc(C3CCC(C)OC3)cc2)CC1. The fraction of sp³-hybridized carbons (Fsp3) is 0.714. The molecule has 2 unspecified atom stereocenters.